The van der Waals surface area contributed by atoms with Crippen molar-refractivity contribution in [2.45, 2.75) is 123 Å². The molecule has 2 fully saturated rings. The van der Waals surface area contributed by atoms with Crippen LogP contribution in [0.5, 0.6) is 11.8 Å². The van der Waals surface area contributed by atoms with Crippen molar-refractivity contribution in [3.63, 3.8) is 0 Å². The predicted molar refractivity (Wildman–Crippen MR) is 312 cm³/mol. The van der Waals surface area contributed by atoms with Gasteiger partial charge in [0.1, 0.15) is 30.5 Å². The molecular weight excluding hydrogens is 1050 g/mol. The molecule has 21 heteroatoms. The molecule has 0 bridgehead atoms. The number of piperidine rings is 1. The van der Waals surface area contributed by atoms with Crippen LogP contribution in [0, 0.1) is 12.3 Å². The number of aliphatic hydroxyl groups is 1. The molecule has 0 radical (unpaired) electrons. The lowest BCUT2D eigenvalue weighted by Gasteiger charge is -2.35. The summed E-state index contributed by atoms with van der Waals surface area (Å²) in [5.41, 5.74) is 9.19. The molecule has 430 valence electrons. The maximum atomic E-state index is 14.1. The van der Waals surface area contributed by atoms with E-state index in [-0.39, 0.29) is 56.9 Å². The van der Waals surface area contributed by atoms with E-state index < -0.39 is 42.1 Å². The highest BCUT2D eigenvalue weighted by Gasteiger charge is 2.44. The van der Waals surface area contributed by atoms with E-state index in [1.54, 1.807) is 10.0 Å². The van der Waals surface area contributed by atoms with Crippen LogP contribution < -0.4 is 36.1 Å². The van der Waals surface area contributed by atoms with Crippen molar-refractivity contribution < 1.29 is 38.1 Å². The Morgan fingerprint density at radius 2 is 1.81 bits per heavy atom. The van der Waals surface area contributed by atoms with Crippen molar-refractivity contribution in [2.24, 2.45) is 5.41 Å². The minimum atomic E-state index is -0.962. The Kier molecular flexibility index (Phi) is 19.4. The summed E-state index contributed by atoms with van der Waals surface area (Å²) in [6.07, 6.45) is 5.48. The van der Waals surface area contributed by atoms with Gasteiger partial charge in [0.25, 0.3) is 0 Å². The highest BCUT2D eigenvalue weighted by molar-refractivity contribution is 7.13. The molecule has 0 saturated carbocycles. The molecule has 3 aromatic carbocycles. The summed E-state index contributed by atoms with van der Waals surface area (Å²) in [5.74, 6) is 0.0556. The number of halogens is 1. The normalized spacial score (nSPS) is 16.9. The quantitative estimate of drug-likeness (QED) is 0.0295. The zero-order chi connectivity index (χ0) is 57.0. The number of benzene rings is 3. The molecule has 19 nitrogen and oxygen atoms in total. The van der Waals surface area contributed by atoms with E-state index in [1.807, 2.05) is 82.6 Å². The lowest BCUT2D eigenvalue weighted by molar-refractivity contribution is -0.144. The van der Waals surface area contributed by atoms with Gasteiger partial charge in [0, 0.05) is 79.5 Å². The van der Waals surface area contributed by atoms with Crippen LogP contribution in [0.3, 0.4) is 0 Å². The molecule has 2 aliphatic rings. The highest BCUT2D eigenvalue weighted by atomic mass is 32.1. The molecule has 7 aromatic rings. The van der Waals surface area contributed by atoms with E-state index in [0.29, 0.717) is 56.0 Å². The number of nitrogens with one attached hydrogen (secondary N) is 5. The smallest absolute Gasteiger partial charge is 0.322 e. The fourth-order valence-electron chi connectivity index (χ4n) is 10.3. The number of carbonyl (C=O) groups is 3. The minimum absolute atomic E-state index is 0.00343. The van der Waals surface area contributed by atoms with Crippen LogP contribution in [0.15, 0.2) is 84.6 Å². The van der Waals surface area contributed by atoms with Crippen LogP contribution in [0.1, 0.15) is 101 Å². The Morgan fingerprint density at radius 1 is 0.963 bits per heavy atom. The number of nitrogens with zero attached hydrogens (tertiary/aromatic N) is 7. The van der Waals surface area contributed by atoms with Crippen molar-refractivity contribution in [3.05, 3.63) is 107 Å². The van der Waals surface area contributed by atoms with Crippen molar-refractivity contribution in [3.8, 4) is 33.5 Å². The Hall–Kier alpha value is -7.33. The summed E-state index contributed by atoms with van der Waals surface area (Å²) in [4.78, 5) is 62.1. The van der Waals surface area contributed by atoms with Crippen LogP contribution in [0.4, 0.5) is 16.0 Å². The number of pyridine rings is 1. The third-order valence-corrected chi connectivity index (χ3v) is 15.6. The number of anilines is 2. The third-order valence-electron chi connectivity index (χ3n) is 14.7. The summed E-state index contributed by atoms with van der Waals surface area (Å²) < 4.78 is 33.2. The van der Waals surface area contributed by atoms with Gasteiger partial charge >= 0.3 is 6.01 Å². The van der Waals surface area contributed by atoms with Crippen LogP contribution >= 0.6 is 11.3 Å². The second-order valence-corrected chi connectivity index (χ2v) is 23.0. The average Bonchev–Trinajstić information content (AvgIpc) is 4.23. The van der Waals surface area contributed by atoms with Crippen molar-refractivity contribution >= 4 is 57.1 Å². The maximum absolute atomic E-state index is 14.1. The monoisotopic (exact) mass is 1130 g/mol. The first-order valence-electron chi connectivity index (χ1n) is 28.1. The molecule has 4 aromatic heterocycles. The summed E-state index contributed by atoms with van der Waals surface area (Å²) in [6.45, 7) is 14.9. The molecule has 6 heterocycles. The number of carbonyl (C=O) groups excluding carboxylic acids is 3. The summed E-state index contributed by atoms with van der Waals surface area (Å²) >= 11 is 1.52. The van der Waals surface area contributed by atoms with Crippen LogP contribution in [-0.2, 0) is 32.2 Å². The summed E-state index contributed by atoms with van der Waals surface area (Å²) in [7, 11) is 0. The number of alkyl halides is 1. The molecule has 3 amide bonds. The number of aliphatic hydroxyl groups excluding tert-OH is 1. The fourth-order valence-corrected chi connectivity index (χ4v) is 11.1. The second kappa shape index (κ2) is 27.0. The van der Waals surface area contributed by atoms with E-state index in [2.05, 4.69) is 74.8 Å². The van der Waals surface area contributed by atoms with Gasteiger partial charge in [-0.05, 0) is 91.3 Å². The largest absolute Gasteiger partial charge is 0.491 e. The standard InChI is InChI=1S/C60H75FN12O7S/c1-37(2)48-34-68-73-55(48)70-59(80-45-13-11-22-62-33-45)71-58(73)66-31-41-12-7-8-14-46(41)52-47-19-18-43(28-39(47)20-23-64-52)63-24-25-78-26-27-79-50-29-40(53-38(3)67-36-81-53)16-17-42(50)32-65-56(76)49-30-44(74)35-72(49)57(77)54(60(4,5)6)69-51(75)15-9-10-21-61/h7-8,12,14,16-20,23,28-29,34,36-37,44-45,49,54,62-63,74H,9-11,13,15,21-22,24-27,30-33,35H2,1-6H3,(H,65,76)(H,69,75)(H,66,70,71)/t44-,45-,49+,54-/m1/s1. The molecule has 0 spiro atoms. The second-order valence-electron chi connectivity index (χ2n) is 22.1. The van der Waals surface area contributed by atoms with Gasteiger partial charge in [-0.2, -0.15) is 19.6 Å². The number of amides is 3. The van der Waals surface area contributed by atoms with Gasteiger partial charge < -0.3 is 50.8 Å². The van der Waals surface area contributed by atoms with E-state index in [9.17, 15) is 23.9 Å². The highest BCUT2D eigenvalue weighted by Crippen LogP contribution is 2.34. The van der Waals surface area contributed by atoms with Crippen LogP contribution in [-0.4, -0.2) is 134 Å². The van der Waals surface area contributed by atoms with Gasteiger partial charge in [0.15, 0.2) is 5.65 Å². The number of hydrogen-bond donors (Lipinski definition) is 6. The van der Waals surface area contributed by atoms with Gasteiger partial charge in [0.05, 0.1) is 54.0 Å². The van der Waals surface area contributed by atoms with Gasteiger partial charge in [0.2, 0.25) is 23.7 Å². The first-order chi connectivity index (χ1) is 39.1. The Bertz CT molecular complexity index is 3290. The van der Waals surface area contributed by atoms with E-state index in [0.717, 1.165) is 86.6 Å². The number of aryl methyl sites for hydroxylation is 1. The molecule has 9 rings (SSSR count). The van der Waals surface area contributed by atoms with Gasteiger partial charge in [-0.3, -0.25) is 23.8 Å². The molecular formula is C60H75FN12O7S. The lowest BCUT2D eigenvalue weighted by atomic mass is 9.85. The molecule has 81 heavy (non-hydrogen) atoms. The number of aromatic nitrogens is 6. The summed E-state index contributed by atoms with van der Waals surface area (Å²) in [5, 5.41) is 33.7. The predicted octanol–water partition coefficient (Wildman–Crippen LogP) is 8.39. The van der Waals surface area contributed by atoms with E-state index >= 15 is 0 Å². The molecule has 6 N–H and O–H groups in total. The number of β-amino-alcohol motifs (C(OH)–C–C–N with tert-alkyl or cyclic N) is 1. The number of hydrogen-bond acceptors (Lipinski definition) is 16. The zero-order valence-corrected chi connectivity index (χ0v) is 47.9. The molecule has 2 saturated heterocycles. The minimum Gasteiger partial charge on any atom is -0.491 e. The van der Waals surface area contributed by atoms with Gasteiger partial charge in [-0.25, -0.2) is 4.98 Å². The Balaban J connectivity index is 0.798. The number of fused-ring (bicyclic) bond motifs is 2. The SMILES string of the molecule is Cc1ncsc1-c1ccc(CNC(=O)[C@@H]2C[C@@H](O)CN2C(=O)[C@@H](NC(=O)CCCCF)C(C)(C)C)c(OCCOCCNc2ccc3c(-c4ccccc4CNc4nc(O[C@@H]5CCCNC5)nc5c(C(C)C)cnn45)nccc3c2)c1. The van der Waals surface area contributed by atoms with Crippen molar-refractivity contribution in [1.82, 2.24) is 50.4 Å². The van der Waals surface area contributed by atoms with Crippen LogP contribution in [0.25, 0.3) is 38.1 Å². The average molecular weight is 1130 g/mol. The topological polar surface area (TPSA) is 231 Å². The number of unbranched alkanes of at least 4 members (excludes halogenated alkanes) is 1. The Morgan fingerprint density at radius 3 is 2.59 bits per heavy atom. The maximum Gasteiger partial charge on any atom is 0.322 e. The van der Waals surface area contributed by atoms with Crippen molar-refractivity contribution in [2.75, 3.05) is 63.3 Å². The van der Waals surface area contributed by atoms with E-state index in [1.165, 1.54) is 16.2 Å². The zero-order valence-electron chi connectivity index (χ0n) is 47.1. The van der Waals surface area contributed by atoms with Crippen molar-refractivity contribution in [1.29, 1.82) is 0 Å². The van der Waals surface area contributed by atoms with Gasteiger partial charge in [-0.1, -0.05) is 77.1 Å². The lowest BCUT2D eigenvalue weighted by Crippen LogP contribution is -2.57. The molecule has 2 aliphatic heterocycles. The molecule has 0 aliphatic carbocycles. The van der Waals surface area contributed by atoms with Gasteiger partial charge in [-0.15, -0.1) is 11.3 Å². The first-order valence-corrected chi connectivity index (χ1v) is 29.0. The molecule has 4 atom stereocenters. The first kappa shape index (κ1) is 58.3. The summed E-state index contributed by atoms with van der Waals surface area (Å²) in [6, 6.07) is 20.7. The fraction of sp³-hybridized carbons (Fsp3) is 0.467. The number of likely N-dealkylation sites (tertiary alicyclic amines) is 1. The Labute approximate surface area is 476 Å². The molecule has 0 unspecified atom stereocenters. The number of ether oxygens (including phenoxy) is 3. The van der Waals surface area contributed by atoms with E-state index in [4.69, 9.17) is 29.2 Å². The number of rotatable bonds is 25. The third kappa shape index (κ3) is 14.6. The number of thiazole rings is 1. The van der Waals surface area contributed by atoms with Crippen LogP contribution in [0.2, 0.25) is 0 Å².